The molecule has 1 saturated heterocycles. The van der Waals surface area contributed by atoms with Crippen molar-refractivity contribution >= 4 is 12.4 Å². The Morgan fingerprint density at radius 1 is 1.33 bits per heavy atom. The van der Waals surface area contributed by atoms with Crippen LogP contribution in [0.5, 0.6) is 0 Å². The zero-order valence-corrected chi connectivity index (χ0v) is 13.5. The largest absolute Gasteiger partial charge is 0.444 e. The Kier molecular flexibility index (Phi) is 7.11. The Balaban J connectivity index is 2.43. The molecule has 6 heteroatoms. The van der Waals surface area contributed by atoms with Gasteiger partial charge in [-0.05, 0) is 33.6 Å². The molecule has 0 aromatic heterocycles. The number of rotatable bonds is 7. The molecule has 1 unspecified atom stereocenters. The molecule has 0 spiro atoms. The summed E-state index contributed by atoms with van der Waals surface area (Å²) in [6.07, 6.45) is 2.19. The first kappa shape index (κ1) is 17.9. The number of hydrogen-bond acceptors (Lipinski definition) is 5. The molecule has 1 aliphatic heterocycles. The molecule has 1 fully saturated rings. The second-order valence-corrected chi connectivity index (χ2v) is 6.30. The summed E-state index contributed by atoms with van der Waals surface area (Å²) in [5, 5.41) is 0. The molecule has 1 aliphatic rings. The van der Waals surface area contributed by atoms with E-state index >= 15 is 0 Å². The zero-order valence-electron chi connectivity index (χ0n) is 13.5. The van der Waals surface area contributed by atoms with Crippen molar-refractivity contribution in [3.8, 4) is 0 Å². The maximum absolute atomic E-state index is 11.9. The number of hydrogen-bond donors (Lipinski definition) is 0. The molecule has 0 bridgehead atoms. The lowest BCUT2D eigenvalue weighted by Crippen LogP contribution is -2.36. The first-order chi connectivity index (χ1) is 9.83. The molecule has 0 radical (unpaired) electrons. The second kappa shape index (κ2) is 8.34. The average molecular weight is 301 g/mol. The zero-order chi connectivity index (χ0) is 15.9. The topological polar surface area (TPSA) is 65.1 Å². The van der Waals surface area contributed by atoms with Crippen LogP contribution in [0.2, 0.25) is 0 Å². The van der Waals surface area contributed by atoms with E-state index in [0.29, 0.717) is 39.0 Å². The third-order valence-electron chi connectivity index (χ3n) is 3.23. The van der Waals surface area contributed by atoms with Crippen LogP contribution in [0.3, 0.4) is 0 Å². The van der Waals surface area contributed by atoms with Crippen LogP contribution >= 0.6 is 0 Å². The monoisotopic (exact) mass is 301 g/mol. The van der Waals surface area contributed by atoms with Gasteiger partial charge in [0.05, 0.1) is 13.2 Å². The van der Waals surface area contributed by atoms with Crippen molar-refractivity contribution in [1.82, 2.24) is 4.90 Å². The highest BCUT2D eigenvalue weighted by Gasteiger charge is 2.27. The molecular weight excluding hydrogens is 274 g/mol. The maximum atomic E-state index is 11.9. The average Bonchev–Trinajstić information content (AvgIpc) is 2.90. The van der Waals surface area contributed by atoms with Crippen LogP contribution in [0, 0.1) is 5.92 Å². The van der Waals surface area contributed by atoms with Crippen LogP contribution in [-0.2, 0) is 19.0 Å². The number of amides is 1. The third-order valence-corrected chi connectivity index (χ3v) is 3.23. The van der Waals surface area contributed by atoms with Gasteiger partial charge in [-0.3, -0.25) is 0 Å². The van der Waals surface area contributed by atoms with Gasteiger partial charge in [-0.15, -0.1) is 0 Å². The van der Waals surface area contributed by atoms with Gasteiger partial charge in [0.1, 0.15) is 11.9 Å². The standard InChI is InChI=1S/C15H27NO5/c1-15(2,3)21-14(18)16(4)8-7-12(6-5-9-17)13-19-10-11-20-13/h9,12-13H,5-8,10-11H2,1-4H3. The molecule has 0 aromatic carbocycles. The van der Waals surface area contributed by atoms with Gasteiger partial charge in [-0.25, -0.2) is 4.79 Å². The van der Waals surface area contributed by atoms with Gasteiger partial charge in [0.25, 0.3) is 0 Å². The smallest absolute Gasteiger partial charge is 0.410 e. The number of ether oxygens (including phenoxy) is 3. The fourth-order valence-electron chi connectivity index (χ4n) is 2.14. The van der Waals surface area contributed by atoms with Crippen molar-refractivity contribution in [3.05, 3.63) is 0 Å². The summed E-state index contributed by atoms with van der Waals surface area (Å²) in [6, 6.07) is 0. The predicted octanol–water partition coefficient (Wildman–Crippen LogP) is 2.21. The summed E-state index contributed by atoms with van der Waals surface area (Å²) in [5.74, 6) is 0.114. The SMILES string of the molecule is CN(CCC(CCC=O)C1OCCO1)C(=O)OC(C)(C)C. The summed E-state index contributed by atoms with van der Waals surface area (Å²) in [5.41, 5.74) is -0.500. The Labute approximate surface area is 126 Å². The van der Waals surface area contributed by atoms with Crippen molar-refractivity contribution in [2.24, 2.45) is 5.92 Å². The molecule has 0 N–H and O–H groups in total. The summed E-state index contributed by atoms with van der Waals surface area (Å²) in [7, 11) is 1.71. The van der Waals surface area contributed by atoms with E-state index in [4.69, 9.17) is 14.2 Å². The van der Waals surface area contributed by atoms with Crippen LogP contribution in [0.4, 0.5) is 4.79 Å². The summed E-state index contributed by atoms with van der Waals surface area (Å²) in [4.78, 5) is 24.0. The number of aldehydes is 1. The van der Waals surface area contributed by atoms with Crippen molar-refractivity contribution in [3.63, 3.8) is 0 Å². The molecule has 0 aromatic rings. The first-order valence-corrected chi connectivity index (χ1v) is 7.44. The highest BCUT2D eigenvalue weighted by atomic mass is 16.7. The second-order valence-electron chi connectivity index (χ2n) is 6.30. The van der Waals surface area contributed by atoms with Gasteiger partial charge in [-0.1, -0.05) is 0 Å². The minimum absolute atomic E-state index is 0.114. The molecule has 6 nitrogen and oxygen atoms in total. The molecule has 1 amide bonds. The molecule has 21 heavy (non-hydrogen) atoms. The van der Waals surface area contributed by atoms with E-state index in [9.17, 15) is 9.59 Å². The van der Waals surface area contributed by atoms with E-state index in [1.807, 2.05) is 20.8 Å². The predicted molar refractivity (Wildman–Crippen MR) is 78.0 cm³/mol. The lowest BCUT2D eigenvalue weighted by atomic mass is 9.99. The van der Waals surface area contributed by atoms with Crippen LogP contribution in [0.15, 0.2) is 0 Å². The highest BCUT2D eigenvalue weighted by molar-refractivity contribution is 5.67. The Morgan fingerprint density at radius 3 is 2.48 bits per heavy atom. The molecule has 1 atom stereocenters. The number of carbonyl (C=O) groups is 2. The fraction of sp³-hybridized carbons (Fsp3) is 0.867. The van der Waals surface area contributed by atoms with Crippen LogP contribution in [0.25, 0.3) is 0 Å². The number of nitrogens with zero attached hydrogens (tertiary/aromatic N) is 1. The van der Waals surface area contributed by atoms with Crippen molar-refractivity contribution in [2.75, 3.05) is 26.8 Å². The normalized spacial score (nSPS) is 17.5. The van der Waals surface area contributed by atoms with Crippen molar-refractivity contribution in [1.29, 1.82) is 0 Å². The van der Waals surface area contributed by atoms with E-state index in [-0.39, 0.29) is 18.3 Å². The first-order valence-electron chi connectivity index (χ1n) is 7.44. The highest BCUT2D eigenvalue weighted by Crippen LogP contribution is 2.23. The molecular formula is C15H27NO5. The van der Waals surface area contributed by atoms with Crippen molar-refractivity contribution in [2.45, 2.75) is 51.9 Å². The van der Waals surface area contributed by atoms with Crippen LogP contribution in [0.1, 0.15) is 40.0 Å². The van der Waals surface area contributed by atoms with E-state index in [2.05, 4.69) is 0 Å². The lowest BCUT2D eigenvalue weighted by Gasteiger charge is -2.27. The van der Waals surface area contributed by atoms with Crippen molar-refractivity contribution < 1.29 is 23.8 Å². The quantitative estimate of drug-likeness (QED) is 0.675. The Morgan fingerprint density at radius 2 is 1.95 bits per heavy atom. The lowest BCUT2D eigenvalue weighted by molar-refractivity contribution is -0.110. The number of carbonyl (C=O) groups excluding carboxylic acids is 2. The van der Waals surface area contributed by atoms with E-state index in [1.165, 1.54) is 0 Å². The van der Waals surface area contributed by atoms with Gasteiger partial charge >= 0.3 is 6.09 Å². The molecule has 1 heterocycles. The summed E-state index contributed by atoms with van der Waals surface area (Å²) in [6.45, 7) is 7.24. The van der Waals surface area contributed by atoms with E-state index in [1.54, 1.807) is 11.9 Å². The van der Waals surface area contributed by atoms with Gasteiger partial charge in [0.15, 0.2) is 6.29 Å². The maximum Gasteiger partial charge on any atom is 0.410 e. The van der Waals surface area contributed by atoms with E-state index < -0.39 is 5.60 Å². The van der Waals surface area contributed by atoms with Crippen LogP contribution in [-0.4, -0.2) is 56.0 Å². The fourth-order valence-corrected chi connectivity index (χ4v) is 2.14. The molecule has 122 valence electrons. The Bertz CT molecular complexity index is 333. The Hall–Kier alpha value is -1.14. The minimum Gasteiger partial charge on any atom is -0.444 e. The summed E-state index contributed by atoms with van der Waals surface area (Å²) < 4.78 is 16.3. The molecule has 0 saturated carbocycles. The van der Waals surface area contributed by atoms with Gasteiger partial charge in [-0.2, -0.15) is 0 Å². The molecule has 1 rings (SSSR count). The van der Waals surface area contributed by atoms with Crippen LogP contribution < -0.4 is 0 Å². The van der Waals surface area contributed by atoms with Gasteiger partial charge < -0.3 is 23.9 Å². The third kappa shape index (κ3) is 6.91. The summed E-state index contributed by atoms with van der Waals surface area (Å²) >= 11 is 0. The van der Waals surface area contributed by atoms with Gasteiger partial charge in [0, 0.05) is 25.9 Å². The minimum atomic E-state index is -0.500. The van der Waals surface area contributed by atoms with E-state index in [0.717, 1.165) is 6.29 Å². The molecule has 0 aliphatic carbocycles. The van der Waals surface area contributed by atoms with Gasteiger partial charge in [0.2, 0.25) is 0 Å².